The predicted molar refractivity (Wildman–Crippen MR) is 64.7 cm³/mol. The molecular weight excluding hydrogens is 182 g/mol. The largest absolute Gasteiger partial charge is 0.253 e. The topological polar surface area (TPSA) is 12.9 Å². The van der Waals surface area contributed by atoms with E-state index in [1.807, 2.05) is 6.92 Å². The first-order chi connectivity index (χ1) is 6.96. The van der Waals surface area contributed by atoms with Crippen molar-refractivity contribution in [3.8, 4) is 0 Å². The Balaban J connectivity index is 2.81. The van der Waals surface area contributed by atoms with E-state index in [4.69, 9.17) is 0 Å². The van der Waals surface area contributed by atoms with Crippen LogP contribution in [0, 0.1) is 12.3 Å². The highest BCUT2D eigenvalue weighted by Gasteiger charge is 2.12. The van der Waals surface area contributed by atoms with Gasteiger partial charge in [-0.25, -0.2) is 0 Å². The van der Waals surface area contributed by atoms with Crippen LogP contribution in [0.2, 0.25) is 0 Å². The smallest absolute Gasteiger partial charge is 0.0673 e. The Morgan fingerprint density at radius 1 is 1.07 bits per heavy atom. The van der Waals surface area contributed by atoms with E-state index in [1.165, 1.54) is 10.8 Å². The lowest BCUT2D eigenvalue weighted by atomic mass is 9.91. The summed E-state index contributed by atoms with van der Waals surface area (Å²) in [5.41, 5.74) is 2.47. The molecule has 0 aromatic carbocycles. The molecule has 0 radical (unpaired) electrons. The van der Waals surface area contributed by atoms with Gasteiger partial charge in [0, 0.05) is 16.3 Å². The average Bonchev–Trinajstić information content (AvgIpc) is 2.17. The Labute approximate surface area is 90.9 Å². The van der Waals surface area contributed by atoms with Gasteiger partial charge in [-0.3, -0.25) is 4.98 Å². The molecule has 15 heavy (non-hydrogen) atoms. The van der Waals surface area contributed by atoms with Gasteiger partial charge in [-0.1, -0.05) is 37.6 Å². The summed E-state index contributed by atoms with van der Waals surface area (Å²) in [5, 5.41) is 2.33. The van der Waals surface area contributed by atoms with Crippen LogP contribution in [0.3, 0.4) is 0 Å². The first-order valence-electron chi connectivity index (χ1n) is 5.34. The molecule has 0 aliphatic heterocycles. The molecule has 0 N–H and O–H groups in total. The molecule has 0 spiro atoms. The summed E-state index contributed by atoms with van der Waals surface area (Å²) in [5.74, 6) is 0. The first kappa shape index (κ1) is 10.2. The Kier molecular flexibility index (Phi) is 2.26. The number of rotatable bonds is 0. The number of nitrogens with zero attached hydrogens (tertiary/aromatic N) is 1. The standard InChI is InChI=1S/C14H17N/c1-10-7-12-6-5-11(2)15-13(12)9-14(3,4)8-10/h5-9H,1-4H3. The van der Waals surface area contributed by atoms with Gasteiger partial charge in [-0.05, 0) is 26.0 Å². The first-order valence-corrected chi connectivity index (χ1v) is 5.34. The van der Waals surface area contributed by atoms with Gasteiger partial charge in [-0.15, -0.1) is 0 Å². The Hall–Kier alpha value is -1.37. The average molecular weight is 199 g/mol. The lowest BCUT2D eigenvalue weighted by Gasteiger charge is -2.13. The second-order valence-electron chi connectivity index (χ2n) is 4.93. The molecule has 1 aromatic rings. The third-order valence-corrected chi connectivity index (χ3v) is 2.59. The monoisotopic (exact) mass is 199 g/mol. The summed E-state index contributed by atoms with van der Waals surface area (Å²) in [6, 6.07) is 4.21. The van der Waals surface area contributed by atoms with Gasteiger partial charge in [0.2, 0.25) is 0 Å². The maximum atomic E-state index is 4.58. The zero-order valence-electron chi connectivity index (χ0n) is 9.83. The van der Waals surface area contributed by atoms with Crippen molar-refractivity contribution in [3.63, 3.8) is 0 Å². The third kappa shape index (κ3) is 2.17. The van der Waals surface area contributed by atoms with Crippen molar-refractivity contribution in [1.29, 1.82) is 0 Å². The Morgan fingerprint density at radius 2 is 1.80 bits per heavy atom. The fourth-order valence-electron chi connectivity index (χ4n) is 2.09. The van der Waals surface area contributed by atoms with Crippen LogP contribution in [0.15, 0.2) is 23.8 Å². The van der Waals surface area contributed by atoms with Crippen LogP contribution < -0.4 is 10.6 Å². The molecular formula is C14H17N. The lowest BCUT2D eigenvalue weighted by Crippen LogP contribution is -2.29. The molecule has 0 saturated carbocycles. The predicted octanol–water partition coefficient (Wildman–Crippen LogP) is 1.94. The number of aryl methyl sites for hydroxylation is 1. The van der Waals surface area contributed by atoms with Crippen LogP contribution in [-0.4, -0.2) is 4.98 Å². The zero-order chi connectivity index (χ0) is 11.1. The fraction of sp³-hybridized carbons (Fsp3) is 0.357. The minimum absolute atomic E-state index is 0.0899. The third-order valence-electron chi connectivity index (χ3n) is 2.59. The highest BCUT2D eigenvalue weighted by Crippen LogP contribution is 2.22. The van der Waals surface area contributed by atoms with Crippen molar-refractivity contribution in [2.75, 3.05) is 0 Å². The van der Waals surface area contributed by atoms with Gasteiger partial charge in [0.1, 0.15) is 0 Å². The number of allylic oxidation sites excluding steroid dienone is 2. The Morgan fingerprint density at radius 3 is 2.53 bits per heavy atom. The molecule has 0 unspecified atom stereocenters. The van der Waals surface area contributed by atoms with Gasteiger partial charge in [0.25, 0.3) is 0 Å². The van der Waals surface area contributed by atoms with Crippen molar-refractivity contribution >= 4 is 12.2 Å². The summed E-state index contributed by atoms with van der Waals surface area (Å²) in [7, 11) is 0. The minimum atomic E-state index is 0.0899. The van der Waals surface area contributed by atoms with E-state index in [9.17, 15) is 0 Å². The quantitative estimate of drug-likeness (QED) is 0.622. The maximum Gasteiger partial charge on any atom is 0.0673 e. The highest BCUT2D eigenvalue weighted by molar-refractivity contribution is 5.52. The molecule has 1 aliphatic carbocycles. The number of pyridine rings is 1. The van der Waals surface area contributed by atoms with Crippen molar-refractivity contribution < 1.29 is 0 Å². The summed E-state index contributed by atoms with van der Waals surface area (Å²) in [4.78, 5) is 4.58. The zero-order valence-corrected chi connectivity index (χ0v) is 9.83. The van der Waals surface area contributed by atoms with Crippen molar-refractivity contribution in [3.05, 3.63) is 40.0 Å². The van der Waals surface area contributed by atoms with Crippen LogP contribution in [0.1, 0.15) is 26.5 Å². The van der Waals surface area contributed by atoms with Crippen LogP contribution in [0.4, 0.5) is 0 Å². The molecule has 0 atom stereocenters. The Bertz CT molecular complexity index is 533. The molecule has 1 aromatic heterocycles. The SMILES string of the molecule is CC1=CC(C)(C)C=c2nc(C)ccc2=C1. The molecule has 0 bridgehead atoms. The molecule has 0 amide bonds. The van der Waals surface area contributed by atoms with Gasteiger partial charge in [0.15, 0.2) is 0 Å². The van der Waals surface area contributed by atoms with E-state index in [2.05, 4.69) is 56.1 Å². The number of fused-ring (bicyclic) bond motifs is 1. The molecule has 0 fully saturated rings. The van der Waals surface area contributed by atoms with Crippen LogP contribution >= 0.6 is 0 Å². The molecule has 2 rings (SSSR count). The maximum absolute atomic E-state index is 4.58. The number of aromatic nitrogens is 1. The van der Waals surface area contributed by atoms with E-state index in [1.54, 1.807) is 0 Å². The van der Waals surface area contributed by atoms with E-state index in [0.717, 1.165) is 11.0 Å². The van der Waals surface area contributed by atoms with E-state index >= 15 is 0 Å². The molecule has 1 heteroatoms. The fourth-order valence-corrected chi connectivity index (χ4v) is 2.09. The second-order valence-corrected chi connectivity index (χ2v) is 4.93. The lowest BCUT2D eigenvalue weighted by molar-refractivity contribution is 0.665. The normalized spacial score (nSPS) is 18.0. The number of hydrogen-bond acceptors (Lipinski definition) is 1. The van der Waals surface area contributed by atoms with Gasteiger partial charge in [0.05, 0.1) is 5.35 Å². The van der Waals surface area contributed by atoms with Gasteiger partial charge in [-0.2, -0.15) is 0 Å². The summed E-state index contributed by atoms with van der Waals surface area (Å²) >= 11 is 0. The van der Waals surface area contributed by atoms with Crippen LogP contribution in [-0.2, 0) is 0 Å². The summed E-state index contributed by atoms with van der Waals surface area (Å²) < 4.78 is 0. The summed E-state index contributed by atoms with van der Waals surface area (Å²) in [6.07, 6.45) is 6.72. The summed E-state index contributed by atoms with van der Waals surface area (Å²) in [6.45, 7) is 8.60. The molecule has 1 heterocycles. The van der Waals surface area contributed by atoms with E-state index in [0.29, 0.717) is 0 Å². The minimum Gasteiger partial charge on any atom is -0.253 e. The highest BCUT2D eigenvalue weighted by atomic mass is 14.7. The van der Waals surface area contributed by atoms with Crippen LogP contribution in [0.5, 0.6) is 0 Å². The van der Waals surface area contributed by atoms with Crippen molar-refractivity contribution in [1.82, 2.24) is 4.98 Å². The molecule has 78 valence electrons. The van der Waals surface area contributed by atoms with Gasteiger partial charge < -0.3 is 0 Å². The molecule has 1 aliphatic rings. The number of hydrogen-bond donors (Lipinski definition) is 0. The van der Waals surface area contributed by atoms with E-state index < -0.39 is 0 Å². The second kappa shape index (κ2) is 3.34. The van der Waals surface area contributed by atoms with Crippen molar-refractivity contribution in [2.24, 2.45) is 5.41 Å². The molecule has 0 saturated heterocycles. The van der Waals surface area contributed by atoms with Crippen molar-refractivity contribution in [2.45, 2.75) is 27.7 Å². The van der Waals surface area contributed by atoms with Crippen LogP contribution in [0.25, 0.3) is 12.2 Å². The van der Waals surface area contributed by atoms with Gasteiger partial charge >= 0.3 is 0 Å². The molecule has 1 nitrogen and oxygen atoms in total. The van der Waals surface area contributed by atoms with E-state index in [-0.39, 0.29) is 5.41 Å².